The number of halogens is 3. The van der Waals surface area contributed by atoms with Crippen LogP contribution in [0.15, 0.2) is 17.1 Å². The molecule has 0 aromatic carbocycles. The SMILES string of the molecule is CCOC(=O)c1cc(C2CC2)c2c(F)c(Cl)c(F)cn2c1=O. The Balaban J connectivity index is 2.38. The van der Waals surface area contributed by atoms with Crippen molar-refractivity contribution in [3.63, 3.8) is 0 Å². The van der Waals surface area contributed by atoms with Gasteiger partial charge in [-0.3, -0.25) is 9.20 Å². The highest BCUT2D eigenvalue weighted by Crippen LogP contribution is 2.43. The van der Waals surface area contributed by atoms with Crippen LogP contribution >= 0.6 is 11.6 Å². The van der Waals surface area contributed by atoms with Crippen molar-refractivity contribution in [1.29, 1.82) is 0 Å². The van der Waals surface area contributed by atoms with Crippen LogP contribution in [-0.4, -0.2) is 17.0 Å². The third kappa shape index (κ3) is 2.27. The molecule has 7 heteroatoms. The zero-order valence-corrected chi connectivity index (χ0v) is 12.4. The summed E-state index contributed by atoms with van der Waals surface area (Å²) in [7, 11) is 0. The van der Waals surface area contributed by atoms with E-state index in [4.69, 9.17) is 16.3 Å². The van der Waals surface area contributed by atoms with E-state index in [1.807, 2.05) is 0 Å². The van der Waals surface area contributed by atoms with E-state index in [2.05, 4.69) is 0 Å². The minimum Gasteiger partial charge on any atom is -0.462 e. The monoisotopic (exact) mass is 327 g/mol. The first-order chi connectivity index (χ1) is 10.5. The van der Waals surface area contributed by atoms with Gasteiger partial charge in [0.1, 0.15) is 10.6 Å². The van der Waals surface area contributed by atoms with Crippen molar-refractivity contribution in [2.75, 3.05) is 6.61 Å². The van der Waals surface area contributed by atoms with Crippen molar-refractivity contribution < 1.29 is 18.3 Å². The first kappa shape index (κ1) is 15.0. The van der Waals surface area contributed by atoms with Crippen molar-refractivity contribution in [2.45, 2.75) is 25.7 Å². The lowest BCUT2D eigenvalue weighted by Crippen LogP contribution is -2.25. The van der Waals surface area contributed by atoms with E-state index in [-0.39, 0.29) is 23.6 Å². The van der Waals surface area contributed by atoms with E-state index in [9.17, 15) is 18.4 Å². The predicted octanol–water partition coefficient (Wildman–Crippen LogP) is 3.29. The Morgan fingerprint density at radius 3 is 2.73 bits per heavy atom. The molecule has 0 spiro atoms. The fourth-order valence-corrected chi connectivity index (χ4v) is 2.59. The summed E-state index contributed by atoms with van der Waals surface area (Å²) in [6.07, 6.45) is 2.42. The van der Waals surface area contributed by atoms with Crippen molar-refractivity contribution in [3.8, 4) is 0 Å². The number of carbonyl (C=O) groups excluding carboxylic acids is 1. The molecule has 0 bridgehead atoms. The van der Waals surface area contributed by atoms with E-state index >= 15 is 0 Å². The third-order valence-corrected chi connectivity index (χ3v) is 3.98. The Morgan fingerprint density at radius 1 is 1.45 bits per heavy atom. The van der Waals surface area contributed by atoms with Gasteiger partial charge >= 0.3 is 5.97 Å². The van der Waals surface area contributed by atoms with Crippen LogP contribution < -0.4 is 5.56 Å². The second-order valence-electron chi connectivity index (χ2n) is 5.14. The van der Waals surface area contributed by atoms with E-state index in [1.54, 1.807) is 6.92 Å². The summed E-state index contributed by atoms with van der Waals surface area (Å²) in [5.74, 6) is -2.83. The second-order valence-corrected chi connectivity index (χ2v) is 5.51. The molecule has 0 atom stereocenters. The summed E-state index contributed by atoms with van der Waals surface area (Å²) in [5.41, 5.74) is -0.663. The molecule has 1 fully saturated rings. The van der Waals surface area contributed by atoms with E-state index < -0.39 is 28.2 Å². The van der Waals surface area contributed by atoms with Crippen LogP contribution in [0.2, 0.25) is 5.02 Å². The Morgan fingerprint density at radius 2 is 2.14 bits per heavy atom. The molecule has 116 valence electrons. The number of esters is 1. The molecule has 4 nitrogen and oxygen atoms in total. The molecule has 2 aromatic heterocycles. The summed E-state index contributed by atoms with van der Waals surface area (Å²) < 4.78 is 33.6. The molecule has 0 aliphatic heterocycles. The number of rotatable bonds is 3. The van der Waals surface area contributed by atoms with E-state index in [0.717, 1.165) is 23.4 Å². The summed E-state index contributed by atoms with van der Waals surface area (Å²) in [6, 6.07) is 1.34. The van der Waals surface area contributed by atoms with Gasteiger partial charge in [-0.25, -0.2) is 13.6 Å². The Labute approximate surface area is 129 Å². The molecule has 1 aliphatic carbocycles. The maximum absolute atomic E-state index is 14.3. The molecule has 2 aromatic rings. The van der Waals surface area contributed by atoms with Gasteiger partial charge in [0.25, 0.3) is 5.56 Å². The van der Waals surface area contributed by atoms with E-state index in [0.29, 0.717) is 5.56 Å². The highest BCUT2D eigenvalue weighted by atomic mass is 35.5. The maximum atomic E-state index is 14.3. The van der Waals surface area contributed by atoms with Crippen LogP contribution in [0.4, 0.5) is 8.78 Å². The molecule has 0 saturated heterocycles. The number of ether oxygens (including phenoxy) is 1. The van der Waals surface area contributed by atoms with Crippen molar-refractivity contribution in [1.82, 2.24) is 4.40 Å². The Hall–Kier alpha value is -1.95. The van der Waals surface area contributed by atoms with Gasteiger partial charge in [-0.2, -0.15) is 0 Å². The molecular weight excluding hydrogens is 316 g/mol. The quantitative estimate of drug-likeness (QED) is 0.813. The van der Waals surface area contributed by atoms with Gasteiger partial charge < -0.3 is 4.74 Å². The van der Waals surface area contributed by atoms with Gasteiger partial charge in [0.2, 0.25) is 0 Å². The minimum atomic E-state index is -1.06. The lowest BCUT2D eigenvalue weighted by molar-refractivity contribution is 0.0524. The normalized spacial score (nSPS) is 14.4. The summed E-state index contributed by atoms with van der Waals surface area (Å²) in [4.78, 5) is 24.2. The minimum absolute atomic E-state index is 0.0276. The highest BCUT2D eigenvalue weighted by molar-refractivity contribution is 6.31. The zero-order chi connectivity index (χ0) is 16.0. The van der Waals surface area contributed by atoms with Crippen LogP contribution in [0.5, 0.6) is 0 Å². The Kier molecular flexibility index (Phi) is 3.64. The van der Waals surface area contributed by atoms with Crippen LogP contribution in [0.1, 0.15) is 41.6 Å². The molecule has 0 radical (unpaired) electrons. The van der Waals surface area contributed by atoms with Gasteiger partial charge in [-0.15, -0.1) is 0 Å². The number of fused-ring (bicyclic) bond motifs is 1. The van der Waals surface area contributed by atoms with Gasteiger partial charge in [-0.1, -0.05) is 11.6 Å². The molecule has 22 heavy (non-hydrogen) atoms. The molecule has 1 aliphatic rings. The zero-order valence-electron chi connectivity index (χ0n) is 11.7. The molecule has 3 rings (SSSR count). The third-order valence-electron chi connectivity index (χ3n) is 3.63. The van der Waals surface area contributed by atoms with Gasteiger partial charge in [-0.05, 0) is 37.3 Å². The second kappa shape index (κ2) is 5.35. The fraction of sp³-hybridized carbons (Fsp3) is 0.333. The van der Waals surface area contributed by atoms with Crippen LogP contribution in [0.25, 0.3) is 5.52 Å². The number of pyridine rings is 2. The van der Waals surface area contributed by atoms with Crippen LogP contribution in [0, 0.1) is 11.6 Å². The summed E-state index contributed by atoms with van der Waals surface area (Å²) in [5, 5.41) is -0.662. The topological polar surface area (TPSA) is 47.8 Å². The number of hydrogen-bond acceptors (Lipinski definition) is 3. The fourth-order valence-electron chi connectivity index (χ4n) is 2.45. The van der Waals surface area contributed by atoms with Gasteiger partial charge in [0.05, 0.1) is 18.3 Å². The van der Waals surface area contributed by atoms with Crippen molar-refractivity contribution in [3.05, 3.63) is 50.4 Å². The van der Waals surface area contributed by atoms with Gasteiger partial charge in [0, 0.05) is 0 Å². The van der Waals surface area contributed by atoms with Crippen LogP contribution in [0.3, 0.4) is 0 Å². The first-order valence-electron chi connectivity index (χ1n) is 6.85. The number of nitrogens with zero attached hydrogens (tertiary/aromatic N) is 1. The largest absolute Gasteiger partial charge is 0.462 e. The standard InChI is InChI=1S/C15H12ClF2NO3/c1-2-22-15(21)9-5-8(7-3-4-7)13-12(18)11(16)10(17)6-19(13)14(9)20/h5-7H,2-4H2,1H3. The molecule has 0 N–H and O–H groups in total. The predicted molar refractivity (Wildman–Crippen MR) is 76.5 cm³/mol. The summed E-state index contributed by atoms with van der Waals surface area (Å²) in [6.45, 7) is 1.71. The highest BCUT2D eigenvalue weighted by Gasteiger charge is 2.31. The van der Waals surface area contributed by atoms with Crippen molar-refractivity contribution >= 4 is 23.1 Å². The van der Waals surface area contributed by atoms with Crippen molar-refractivity contribution in [2.24, 2.45) is 0 Å². The van der Waals surface area contributed by atoms with Gasteiger partial charge in [0.15, 0.2) is 11.6 Å². The lowest BCUT2D eigenvalue weighted by Gasteiger charge is -2.12. The number of aromatic nitrogens is 1. The number of carbonyl (C=O) groups is 1. The molecular formula is C15H12ClF2NO3. The van der Waals surface area contributed by atoms with Crippen LogP contribution in [-0.2, 0) is 4.74 Å². The maximum Gasteiger partial charge on any atom is 0.343 e. The average molecular weight is 328 g/mol. The first-order valence-corrected chi connectivity index (χ1v) is 7.23. The molecule has 2 heterocycles. The molecule has 1 saturated carbocycles. The molecule has 0 amide bonds. The molecule has 0 unspecified atom stereocenters. The average Bonchev–Trinajstić information content (AvgIpc) is 3.30. The Bertz CT molecular complexity index is 843. The van der Waals surface area contributed by atoms with E-state index in [1.165, 1.54) is 6.07 Å². The smallest absolute Gasteiger partial charge is 0.343 e. The summed E-state index contributed by atoms with van der Waals surface area (Å²) >= 11 is 5.60. The number of hydrogen-bond donors (Lipinski definition) is 0. The lowest BCUT2D eigenvalue weighted by atomic mass is 10.1.